The van der Waals surface area contributed by atoms with Crippen molar-refractivity contribution in [1.82, 2.24) is 29.9 Å². The lowest BCUT2D eigenvalue weighted by molar-refractivity contribution is 0.176. The van der Waals surface area contributed by atoms with Gasteiger partial charge in [-0.2, -0.15) is 4.98 Å². The normalized spacial score (nSPS) is 18.6. The average Bonchev–Trinajstić information content (AvgIpc) is 3.07. The van der Waals surface area contributed by atoms with E-state index in [4.69, 9.17) is 4.52 Å². The largest absolute Gasteiger partial charge is 0.332 e. The molecule has 1 aliphatic heterocycles. The topological polar surface area (TPSA) is 72.0 Å². The van der Waals surface area contributed by atoms with Crippen LogP contribution in [0.25, 0.3) is 11.6 Å². The summed E-state index contributed by atoms with van der Waals surface area (Å²) >= 11 is 0. The SMILES string of the molecule is CC(c1noc(-c2cncn2C)n1)N1CCNCC1. The van der Waals surface area contributed by atoms with Gasteiger partial charge < -0.3 is 14.4 Å². The number of aromatic nitrogens is 4. The molecule has 3 rings (SSSR count). The fourth-order valence-corrected chi connectivity index (χ4v) is 2.30. The molecule has 2 aromatic heterocycles. The molecule has 0 amide bonds. The second-order valence-corrected chi connectivity index (χ2v) is 4.81. The highest BCUT2D eigenvalue weighted by atomic mass is 16.5. The Bertz CT molecular complexity index is 542. The molecule has 0 spiro atoms. The molecule has 1 fully saturated rings. The average molecular weight is 262 g/mol. The van der Waals surface area contributed by atoms with Crippen molar-refractivity contribution in [1.29, 1.82) is 0 Å². The van der Waals surface area contributed by atoms with Crippen molar-refractivity contribution in [3.63, 3.8) is 0 Å². The van der Waals surface area contributed by atoms with Gasteiger partial charge >= 0.3 is 0 Å². The number of piperazine rings is 1. The first-order valence-corrected chi connectivity index (χ1v) is 6.51. The third-order valence-corrected chi connectivity index (χ3v) is 3.55. The van der Waals surface area contributed by atoms with Crippen LogP contribution in [0, 0.1) is 0 Å². The number of nitrogens with zero attached hydrogens (tertiary/aromatic N) is 5. The van der Waals surface area contributed by atoms with Crippen molar-refractivity contribution in [2.24, 2.45) is 7.05 Å². The van der Waals surface area contributed by atoms with E-state index in [1.165, 1.54) is 0 Å². The molecular weight excluding hydrogens is 244 g/mol. The molecule has 2 aromatic rings. The van der Waals surface area contributed by atoms with Gasteiger partial charge in [-0.3, -0.25) is 4.90 Å². The van der Waals surface area contributed by atoms with Crippen molar-refractivity contribution in [2.45, 2.75) is 13.0 Å². The van der Waals surface area contributed by atoms with Crippen LogP contribution < -0.4 is 5.32 Å². The van der Waals surface area contributed by atoms with Gasteiger partial charge in [0.25, 0.3) is 5.89 Å². The molecule has 0 radical (unpaired) electrons. The van der Waals surface area contributed by atoms with Crippen molar-refractivity contribution < 1.29 is 4.52 Å². The van der Waals surface area contributed by atoms with Gasteiger partial charge in [0.15, 0.2) is 5.82 Å². The predicted molar refractivity (Wildman–Crippen MR) is 69.4 cm³/mol. The van der Waals surface area contributed by atoms with E-state index in [1.54, 1.807) is 12.5 Å². The Labute approximate surface area is 111 Å². The first-order valence-electron chi connectivity index (χ1n) is 6.51. The van der Waals surface area contributed by atoms with Gasteiger partial charge in [-0.05, 0) is 6.92 Å². The van der Waals surface area contributed by atoms with E-state index >= 15 is 0 Å². The molecule has 0 aliphatic carbocycles. The minimum atomic E-state index is 0.174. The summed E-state index contributed by atoms with van der Waals surface area (Å²) in [5.41, 5.74) is 0.839. The summed E-state index contributed by atoms with van der Waals surface area (Å²) in [5.74, 6) is 1.26. The molecule has 19 heavy (non-hydrogen) atoms. The van der Waals surface area contributed by atoms with Crippen LogP contribution >= 0.6 is 0 Å². The Morgan fingerprint density at radius 2 is 2.16 bits per heavy atom. The summed E-state index contributed by atoms with van der Waals surface area (Å²) in [4.78, 5) is 10.9. The van der Waals surface area contributed by atoms with Crippen LogP contribution in [0.15, 0.2) is 17.0 Å². The lowest BCUT2D eigenvalue weighted by atomic mass is 10.2. The molecule has 1 unspecified atom stereocenters. The Hall–Kier alpha value is -1.73. The monoisotopic (exact) mass is 262 g/mol. The minimum Gasteiger partial charge on any atom is -0.332 e. The van der Waals surface area contributed by atoms with E-state index in [0.717, 1.165) is 37.7 Å². The van der Waals surface area contributed by atoms with Crippen LogP contribution in [0.3, 0.4) is 0 Å². The molecule has 7 nitrogen and oxygen atoms in total. The van der Waals surface area contributed by atoms with E-state index in [-0.39, 0.29) is 6.04 Å². The fraction of sp³-hybridized carbons (Fsp3) is 0.583. The third kappa shape index (κ3) is 2.39. The Kier molecular flexibility index (Phi) is 3.31. The highest BCUT2D eigenvalue weighted by Crippen LogP contribution is 2.21. The van der Waals surface area contributed by atoms with Crippen LogP contribution in [0.2, 0.25) is 0 Å². The summed E-state index contributed by atoms with van der Waals surface area (Å²) in [6.45, 7) is 6.16. The van der Waals surface area contributed by atoms with Gasteiger partial charge in [-0.15, -0.1) is 0 Å². The number of nitrogens with one attached hydrogen (secondary N) is 1. The van der Waals surface area contributed by atoms with E-state index in [0.29, 0.717) is 5.89 Å². The molecule has 0 bridgehead atoms. The molecular formula is C12H18N6O. The fourth-order valence-electron chi connectivity index (χ4n) is 2.30. The van der Waals surface area contributed by atoms with Crippen molar-refractivity contribution in [3.8, 4) is 11.6 Å². The Balaban J connectivity index is 1.79. The number of rotatable bonds is 3. The zero-order chi connectivity index (χ0) is 13.2. The predicted octanol–water partition coefficient (Wildman–Crippen LogP) is 0.436. The van der Waals surface area contributed by atoms with Gasteiger partial charge in [-0.25, -0.2) is 4.98 Å². The maximum atomic E-state index is 5.34. The number of aryl methyl sites for hydroxylation is 1. The second-order valence-electron chi connectivity index (χ2n) is 4.81. The number of imidazole rings is 1. The van der Waals surface area contributed by atoms with Crippen LogP contribution in [0.5, 0.6) is 0 Å². The second kappa shape index (κ2) is 5.10. The highest BCUT2D eigenvalue weighted by Gasteiger charge is 2.23. The van der Waals surface area contributed by atoms with Crippen LogP contribution in [0.1, 0.15) is 18.8 Å². The van der Waals surface area contributed by atoms with Crippen LogP contribution in [0.4, 0.5) is 0 Å². The van der Waals surface area contributed by atoms with Crippen molar-refractivity contribution in [2.75, 3.05) is 26.2 Å². The van der Waals surface area contributed by atoms with Crippen molar-refractivity contribution >= 4 is 0 Å². The number of hydrogen-bond acceptors (Lipinski definition) is 6. The zero-order valence-corrected chi connectivity index (χ0v) is 11.2. The van der Waals surface area contributed by atoms with E-state index < -0.39 is 0 Å². The highest BCUT2D eigenvalue weighted by molar-refractivity contribution is 5.45. The van der Waals surface area contributed by atoms with Gasteiger partial charge in [0, 0.05) is 33.2 Å². The Morgan fingerprint density at radius 3 is 2.84 bits per heavy atom. The summed E-state index contributed by atoms with van der Waals surface area (Å²) < 4.78 is 7.21. The van der Waals surface area contributed by atoms with Gasteiger partial charge in [0.05, 0.1) is 18.6 Å². The minimum absolute atomic E-state index is 0.174. The molecule has 102 valence electrons. The third-order valence-electron chi connectivity index (χ3n) is 3.55. The number of hydrogen-bond donors (Lipinski definition) is 1. The summed E-state index contributed by atoms with van der Waals surface area (Å²) in [6.07, 6.45) is 3.45. The van der Waals surface area contributed by atoms with E-state index in [1.807, 2.05) is 11.6 Å². The lowest BCUT2D eigenvalue weighted by Gasteiger charge is -2.30. The van der Waals surface area contributed by atoms with Gasteiger partial charge in [-0.1, -0.05) is 5.16 Å². The first-order chi connectivity index (χ1) is 9.25. The van der Waals surface area contributed by atoms with Crippen LogP contribution in [-0.2, 0) is 7.05 Å². The van der Waals surface area contributed by atoms with E-state index in [2.05, 4.69) is 32.3 Å². The summed E-state index contributed by atoms with van der Waals surface area (Å²) in [7, 11) is 1.91. The maximum absolute atomic E-state index is 5.34. The van der Waals surface area contributed by atoms with Crippen LogP contribution in [-0.4, -0.2) is 50.8 Å². The molecule has 1 saturated heterocycles. The standard InChI is InChI=1S/C12H18N6O/c1-9(18-5-3-13-4-6-18)11-15-12(19-16-11)10-7-14-8-17(10)2/h7-9,13H,3-6H2,1-2H3. The molecule has 1 aliphatic rings. The molecule has 0 saturated carbocycles. The van der Waals surface area contributed by atoms with Gasteiger partial charge in [0.2, 0.25) is 0 Å². The molecule has 3 heterocycles. The zero-order valence-electron chi connectivity index (χ0n) is 11.2. The lowest BCUT2D eigenvalue weighted by Crippen LogP contribution is -2.44. The molecule has 1 atom stereocenters. The smallest absolute Gasteiger partial charge is 0.276 e. The summed E-state index contributed by atoms with van der Waals surface area (Å²) in [6, 6.07) is 0.174. The van der Waals surface area contributed by atoms with Gasteiger partial charge in [0.1, 0.15) is 5.69 Å². The quantitative estimate of drug-likeness (QED) is 0.865. The Morgan fingerprint density at radius 1 is 1.37 bits per heavy atom. The molecule has 1 N–H and O–H groups in total. The molecule has 0 aromatic carbocycles. The maximum Gasteiger partial charge on any atom is 0.276 e. The first kappa shape index (κ1) is 12.3. The summed E-state index contributed by atoms with van der Waals surface area (Å²) in [5, 5.41) is 7.44. The van der Waals surface area contributed by atoms with E-state index in [9.17, 15) is 0 Å². The molecule has 7 heteroatoms. The van der Waals surface area contributed by atoms with Crippen molar-refractivity contribution in [3.05, 3.63) is 18.3 Å².